The van der Waals surface area contributed by atoms with E-state index >= 15 is 0 Å². The van der Waals surface area contributed by atoms with Crippen molar-refractivity contribution in [3.63, 3.8) is 0 Å². The number of nitrogens with zero attached hydrogens (tertiary/aromatic N) is 2. The van der Waals surface area contributed by atoms with E-state index in [-0.39, 0.29) is 10.8 Å². The van der Waals surface area contributed by atoms with Crippen LogP contribution in [0.5, 0.6) is 0 Å². The molecule has 0 saturated heterocycles. The lowest BCUT2D eigenvalue weighted by molar-refractivity contribution is 0.660. The number of hydrogen-bond acceptors (Lipinski definition) is 1. The van der Waals surface area contributed by atoms with E-state index in [0.717, 1.165) is 17.1 Å². The number of rotatable bonds is 5. The van der Waals surface area contributed by atoms with Gasteiger partial charge in [0.1, 0.15) is 0 Å². The third kappa shape index (κ3) is 4.62. The molecule has 0 aliphatic heterocycles. The molecule has 2 heteroatoms. The molecule has 11 rings (SSSR count). The average molecular weight is 719 g/mol. The Hall–Kier alpha value is -6.64. The monoisotopic (exact) mass is 718 g/mol. The van der Waals surface area contributed by atoms with E-state index in [9.17, 15) is 0 Å². The van der Waals surface area contributed by atoms with Crippen LogP contribution in [0.1, 0.15) is 49.9 Å². The SMILES string of the molecule is CC1(C)c2ccccc2-c2ccc(-c3ccccc3N(c3ccccc3)c3ccc4c(c3)C(C)(C)c3cc(-n5c6ccccc6c6ccccc65)ccc3-4)cc21. The lowest BCUT2D eigenvalue weighted by Crippen LogP contribution is -2.17. The summed E-state index contributed by atoms with van der Waals surface area (Å²) in [5.74, 6) is 0. The van der Waals surface area contributed by atoms with Gasteiger partial charge >= 0.3 is 0 Å². The van der Waals surface area contributed by atoms with Gasteiger partial charge in [-0.1, -0.05) is 149 Å². The second-order valence-corrected chi connectivity index (χ2v) is 16.6. The Bertz CT molecular complexity index is 2980. The van der Waals surface area contributed by atoms with Crippen LogP contribution in [0.2, 0.25) is 0 Å². The van der Waals surface area contributed by atoms with Crippen molar-refractivity contribution in [1.29, 1.82) is 0 Å². The molecule has 8 aromatic carbocycles. The summed E-state index contributed by atoms with van der Waals surface area (Å²) >= 11 is 0. The lowest BCUT2D eigenvalue weighted by Gasteiger charge is -2.30. The number of para-hydroxylation sites is 4. The van der Waals surface area contributed by atoms with Crippen molar-refractivity contribution in [2.24, 2.45) is 0 Å². The highest BCUT2D eigenvalue weighted by Gasteiger charge is 2.38. The first-order valence-corrected chi connectivity index (χ1v) is 19.8. The van der Waals surface area contributed by atoms with Crippen molar-refractivity contribution in [2.75, 3.05) is 4.90 Å². The maximum absolute atomic E-state index is 2.45. The fourth-order valence-corrected chi connectivity index (χ4v) is 9.98. The van der Waals surface area contributed by atoms with Gasteiger partial charge in [0, 0.05) is 44.2 Å². The third-order valence-electron chi connectivity index (χ3n) is 12.8. The summed E-state index contributed by atoms with van der Waals surface area (Å²) in [5.41, 5.74) is 20.1. The zero-order chi connectivity index (χ0) is 37.8. The van der Waals surface area contributed by atoms with Crippen LogP contribution in [0.15, 0.2) is 182 Å². The van der Waals surface area contributed by atoms with Gasteiger partial charge in [-0.25, -0.2) is 0 Å². The third-order valence-corrected chi connectivity index (χ3v) is 12.8. The molecule has 268 valence electrons. The molecule has 9 aromatic rings. The van der Waals surface area contributed by atoms with Gasteiger partial charge in [-0.2, -0.15) is 0 Å². The van der Waals surface area contributed by atoms with Gasteiger partial charge in [0.15, 0.2) is 0 Å². The molecule has 2 aliphatic rings. The van der Waals surface area contributed by atoms with Crippen LogP contribution in [0.25, 0.3) is 60.9 Å². The zero-order valence-electron chi connectivity index (χ0n) is 32.2. The van der Waals surface area contributed by atoms with E-state index in [1.807, 2.05) is 0 Å². The van der Waals surface area contributed by atoms with E-state index in [4.69, 9.17) is 0 Å². The van der Waals surface area contributed by atoms with Crippen molar-refractivity contribution in [3.8, 4) is 39.1 Å². The number of hydrogen-bond donors (Lipinski definition) is 0. The lowest BCUT2D eigenvalue weighted by atomic mass is 9.81. The summed E-state index contributed by atoms with van der Waals surface area (Å²) < 4.78 is 2.43. The molecule has 0 amide bonds. The van der Waals surface area contributed by atoms with E-state index in [1.165, 1.54) is 83.1 Å². The van der Waals surface area contributed by atoms with Crippen LogP contribution >= 0.6 is 0 Å². The Morgan fingerprint density at radius 2 is 0.893 bits per heavy atom. The molecule has 2 nitrogen and oxygen atoms in total. The fraction of sp³-hybridized carbons (Fsp3) is 0.111. The normalized spacial score (nSPS) is 14.4. The van der Waals surface area contributed by atoms with Crippen molar-refractivity contribution in [3.05, 3.63) is 204 Å². The highest BCUT2D eigenvalue weighted by atomic mass is 15.1. The smallest absolute Gasteiger partial charge is 0.0541 e. The van der Waals surface area contributed by atoms with Crippen LogP contribution in [0.4, 0.5) is 17.1 Å². The molecule has 0 saturated carbocycles. The highest BCUT2D eigenvalue weighted by molar-refractivity contribution is 6.09. The molecule has 1 heterocycles. The van der Waals surface area contributed by atoms with E-state index in [2.05, 4.69) is 219 Å². The highest BCUT2D eigenvalue weighted by Crippen LogP contribution is 2.53. The van der Waals surface area contributed by atoms with Crippen LogP contribution in [0.3, 0.4) is 0 Å². The molecule has 0 N–H and O–H groups in total. The summed E-state index contributed by atoms with van der Waals surface area (Å²) in [7, 11) is 0. The molecule has 2 aliphatic carbocycles. The Kier molecular flexibility index (Phi) is 6.98. The number of fused-ring (bicyclic) bond motifs is 9. The summed E-state index contributed by atoms with van der Waals surface area (Å²) in [6, 6.07) is 67.5. The van der Waals surface area contributed by atoms with E-state index in [1.54, 1.807) is 0 Å². The largest absolute Gasteiger partial charge is 0.310 e. The second-order valence-electron chi connectivity index (χ2n) is 16.6. The second kappa shape index (κ2) is 11.9. The molecular formula is C54H42N2. The number of benzene rings is 8. The minimum absolute atomic E-state index is 0.0714. The molecule has 56 heavy (non-hydrogen) atoms. The summed E-state index contributed by atoms with van der Waals surface area (Å²) in [5, 5.41) is 2.57. The van der Waals surface area contributed by atoms with Gasteiger partial charge < -0.3 is 9.47 Å². The van der Waals surface area contributed by atoms with Gasteiger partial charge in [0.25, 0.3) is 0 Å². The number of anilines is 3. The van der Waals surface area contributed by atoms with E-state index in [0.29, 0.717) is 0 Å². The topological polar surface area (TPSA) is 8.17 Å². The van der Waals surface area contributed by atoms with Crippen LogP contribution in [-0.2, 0) is 10.8 Å². The maximum atomic E-state index is 2.45. The molecule has 0 atom stereocenters. The van der Waals surface area contributed by atoms with Gasteiger partial charge in [0.05, 0.1) is 16.7 Å². The van der Waals surface area contributed by atoms with Crippen LogP contribution in [0, 0.1) is 0 Å². The standard InChI is InChI=1S/C54H42N2/c1-53(2)46-22-12-8-19-40(46)41-29-26-35(32-47(41)53)39-18-9-13-23-50(39)55(36-16-6-5-7-17-36)37-27-30-42-43-31-28-38(34-49(43)54(3,4)48(42)33-37)56-51-24-14-10-20-44(51)45-21-11-15-25-52(45)56/h5-34H,1-4H3. The van der Waals surface area contributed by atoms with Crippen molar-refractivity contribution < 1.29 is 0 Å². The average Bonchev–Trinajstić information content (AvgIpc) is 3.78. The van der Waals surface area contributed by atoms with Gasteiger partial charge in [-0.05, 0) is 111 Å². The Morgan fingerprint density at radius 3 is 1.62 bits per heavy atom. The molecule has 0 unspecified atom stereocenters. The Labute approximate surface area is 328 Å². The fourth-order valence-electron chi connectivity index (χ4n) is 9.98. The van der Waals surface area contributed by atoms with E-state index < -0.39 is 0 Å². The first kappa shape index (κ1) is 32.8. The first-order chi connectivity index (χ1) is 27.3. The predicted octanol–water partition coefficient (Wildman–Crippen LogP) is 14.5. The first-order valence-electron chi connectivity index (χ1n) is 19.8. The minimum atomic E-state index is -0.210. The summed E-state index contributed by atoms with van der Waals surface area (Å²) in [6.45, 7) is 9.50. The molecule has 0 fully saturated rings. The van der Waals surface area contributed by atoms with Crippen LogP contribution < -0.4 is 4.90 Å². The van der Waals surface area contributed by atoms with Crippen molar-refractivity contribution >= 4 is 38.9 Å². The van der Waals surface area contributed by atoms with Crippen molar-refractivity contribution in [2.45, 2.75) is 38.5 Å². The number of aromatic nitrogens is 1. The molecule has 0 radical (unpaired) electrons. The van der Waals surface area contributed by atoms with Gasteiger partial charge in [-0.3, -0.25) is 0 Å². The predicted molar refractivity (Wildman–Crippen MR) is 236 cm³/mol. The molecule has 1 aromatic heterocycles. The summed E-state index contributed by atoms with van der Waals surface area (Å²) in [6.07, 6.45) is 0. The minimum Gasteiger partial charge on any atom is -0.310 e. The van der Waals surface area contributed by atoms with Gasteiger partial charge in [-0.15, -0.1) is 0 Å². The Morgan fingerprint density at radius 1 is 0.375 bits per heavy atom. The summed E-state index contributed by atoms with van der Waals surface area (Å²) in [4.78, 5) is 2.45. The van der Waals surface area contributed by atoms with Crippen molar-refractivity contribution in [1.82, 2.24) is 4.57 Å². The molecule has 0 spiro atoms. The molecule has 0 bridgehead atoms. The molecular weight excluding hydrogens is 677 g/mol. The quantitative estimate of drug-likeness (QED) is 0.172. The zero-order valence-corrected chi connectivity index (χ0v) is 32.2. The maximum Gasteiger partial charge on any atom is 0.0541 e. The van der Waals surface area contributed by atoms with Crippen LogP contribution in [-0.4, -0.2) is 4.57 Å². The van der Waals surface area contributed by atoms with Gasteiger partial charge in [0.2, 0.25) is 0 Å². The Balaban J connectivity index is 1.04.